The van der Waals surface area contributed by atoms with Crippen molar-refractivity contribution in [1.82, 2.24) is 0 Å². The van der Waals surface area contributed by atoms with Crippen LogP contribution < -0.4 is 10.6 Å². The molecule has 1 aromatic carbocycles. The number of halogens is 1. The molecule has 1 aromatic rings. The van der Waals surface area contributed by atoms with E-state index in [9.17, 15) is 0 Å². The van der Waals surface area contributed by atoms with Gasteiger partial charge in [0.1, 0.15) is 0 Å². The first-order valence-electron chi connectivity index (χ1n) is 5.47. The van der Waals surface area contributed by atoms with E-state index in [1.165, 1.54) is 18.5 Å². The molecule has 1 saturated heterocycles. The highest BCUT2D eigenvalue weighted by Crippen LogP contribution is 2.28. The molecule has 0 spiro atoms. The van der Waals surface area contributed by atoms with Crippen molar-refractivity contribution in [2.75, 3.05) is 23.7 Å². The van der Waals surface area contributed by atoms with Crippen LogP contribution in [0, 0.1) is 5.92 Å². The summed E-state index contributed by atoms with van der Waals surface area (Å²) in [6.45, 7) is 4.66. The van der Waals surface area contributed by atoms with Gasteiger partial charge in [-0.3, -0.25) is 0 Å². The number of piperidine rings is 1. The molecule has 2 N–H and O–H groups in total. The van der Waals surface area contributed by atoms with Crippen LogP contribution in [-0.4, -0.2) is 13.1 Å². The largest absolute Gasteiger partial charge is 0.398 e. The molecule has 0 aromatic heterocycles. The van der Waals surface area contributed by atoms with Crippen molar-refractivity contribution in [2.45, 2.75) is 19.8 Å². The van der Waals surface area contributed by atoms with E-state index in [2.05, 4.69) is 39.9 Å². The molecule has 15 heavy (non-hydrogen) atoms. The monoisotopic (exact) mass is 268 g/mol. The number of anilines is 2. The third-order valence-electron chi connectivity index (χ3n) is 3.13. The van der Waals surface area contributed by atoms with Gasteiger partial charge < -0.3 is 10.6 Å². The quantitative estimate of drug-likeness (QED) is 0.793. The van der Waals surface area contributed by atoms with Crippen LogP contribution in [0.5, 0.6) is 0 Å². The van der Waals surface area contributed by atoms with Crippen LogP contribution in [0.3, 0.4) is 0 Å². The highest BCUT2D eigenvalue weighted by atomic mass is 79.9. The highest BCUT2D eigenvalue weighted by Gasteiger charge is 2.16. The van der Waals surface area contributed by atoms with Crippen molar-refractivity contribution in [3.63, 3.8) is 0 Å². The maximum absolute atomic E-state index is 5.77. The summed E-state index contributed by atoms with van der Waals surface area (Å²) >= 11 is 3.47. The molecule has 82 valence electrons. The number of benzene rings is 1. The van der Waals surface area contributed by atoms with Crippen LogP contribution in [-0.2, 0) is 0 Å². The van der Waals surface area contributed by atoms with E-state index >= 15 is 0 Å². The minimum atomic E-state index is 0.809. The Hall–Kier alpha value is -0.700. The molecule has 3 heteroatoms. The first-order chi connectivity index (χ1) is 7.16. The van der Waals surface area contributed by atoms with E-state index in [4.69, 9.17) is 5.73 Å². The smallest absolute Gasteiger partial charge is 0.0460 e. The zero-order valence-corrected chi connectivity index (χ0v) is 10.6. The summed E-state index contributed by atoms with van der Waals surface area (Å²) in [5.41, 5.74) is 7.86. The number of hydrogen-bond donors (Lipinski definition) is 1. The summed E-state index contributed by atoms with van der Waals surface area (Å²) in [6.07, 6.45) is 2.59. The summed E-state index contributed by atoms with van der Waals surface area (Å²) < 4.78 is 0.999. The lowest BCUT2D eigenvalue weighted by Crippen LogP contribution is -2.32. The molecule has 2 rings (SSSR count). The van der Waals surface area contributed by atoms with Crippen LogP contribution in [0.4, 0.5) is 11.4 Å². The summed E-state index contributed by atoms with van der Waals surface area (Å²) in [6, 6.07) is 6.19. The van der Waals surface area contributed by atoms with Crippen LogP contribution in [0.25, 0.3) is 0 Å². The number of hydrogen-bond acceptors (Lipinski definition) is 2. The minimum absolute atomic E-state index is 0.809. The van der Waals surface area contributed by atoms with Crippen LogP contribution >= 0.6 is 15.9 Å². The SMILES string of the molecule is CC1CCN(c2ccc(N)c(Br)c2)CC1. The molecule has 1 heterocycles. The predicted molar refractivity (Wildman–Crippen MR) is 69.2 cm³/mol. The number of nitrogen functional groups attached to an aromatic ring is 1. The molecule has 0 aliphatic carbocycles. The van der Waals surface area contributed by atoms with E-state index in [1.807, 2.05) is 6.07 Å². The molecule has 1 aliphatic rings. The van der Waals surface area contributed by atoms with Gasteiger partial charge in [0.05, 0.1) is 0 Å². The lowest BCUT2D eigenvalue weighted by atomic mass is 9.99. The van der Waals surface area contributed by atoms with Gasteiger partial charge in [-0.1, -0.05) is 6.92 Å². The second-order valence-electron chi connectivity index (χ2n) is 4.38. The van der Waals surface area contributed by atoms with Gasteiger partial charge in [0, 0.05) is 28.9 Å². The fourth-order valence-electron chi connectivity index (χ4n) is 1.98. The Kier molecular flexibility index (Phi) is 3.19. The van der Waals surface area contributed by atoms with Crippen LogP contribution in [0.15, 0.2) is 22.7 Å². The Balaban J connectivity index is 2.12. The van der Waals surface area contributed by atoms with Gasteiger partial charge in [0.2, 0.25) is 0 Å². The third kappa shape index (κ3) is 2.46. The number of nitrogens with two attached hydrogens (primary N) is 1. The molecule has 0 bridgehead atoms. The minimum Gasteiger partial charge on any atom is -0.398 e. The molecule has 0 saturated carbocycles. The van der Waals surface area contributed by atoms with Crippen LogP contribution in [0.1, 0.15) is 19.8 Å². The molecule has 0 unspecified atom stereocenters. The first kappa shape index (κ1) is 10.8. The maximum Gasteiger partial charge on any atom is 0.0460 e. The number of rotatable bonds is 1. The summed E-state index contributed by atoms with van der Waals surface area (Å²) in [7, 11) is 0. The maximum atomic E-state index is 5.77. The van der Waals surface area contributed by atoms with Crippen molar-refractivity contribution < 1.29 is 0 Å². The van der Waals surface area contributed by atoms with Crippen molar-refractivity contribution in [3.8, 4) is 0 Å². The van der Waals surface area contributed by atoms with Crippen molar-refractivity contribution in [2.24, 2.45) is 5.92 Å². The molecular weight excluding hydrogens is 252 g/mol. The molecule has 2 nitrogen and oxygen atoms in total. The second-order valence-corrected chi connectivity index (χ2v) is 5.23. The Labute approximate surface area is 99.6 Å². The molecule has 0 radical (unpaired) electrons. The Morgan fingerprint density at radius 2 is 2.00 bits per heavy atom. The van der Waals surface area contributed by atoms with E-state index < -0.39 is 0 Å². The van der Waals surface area contributed by atoms with Crippen molar-refractivity contribution >= 4 is 27.3 Å². The second kappa shape index (κ2) is 4.44. The normalized spacial score (nSPS) is 18.1. The van der Waals surface area contributed by atoms with Crippen LogP contribution in [0.2, 0.25) is 0 Å². The summed E-state index contributed by atoms with van der Waals surface area (Å²) in [4.78, 5) is 2.43. The molecule has 0 amide bonds. The van der Waals surface area contributed by atoms with E-state index in [0.29, 0.717) is 0 Å². The summed E-state index contributed by atoms with van der Waals surface area (Å²) in [5.74, 6) is 0.874. The van der Waals surface area contributed by atoms with Gasteiger partial charge in [-0.05, 0) is 52.9 Å². The van der Waals surface area contributed by atoms with Gasteiger partial charge in [0.25, 0.3) is 0 Å². The lowest BCUT2D eigenvalue weighted by Gasteiger charge is -2.32. The fourth-order valence-corrected chi connectivity index (χ4v) is 2.35. The average molecular weight is 269 g/mol. The summed E-state index contributed by atoms with van der Waals surface area (Å²) in [5, 5.41) is 0. The van der Waals surface area contributed by atoms with Crippen molar-refractivity contribution in [1.29, 1.82) is 0 Å². The van der Waals surface area contributed by atoms with Gasteiger partial charge in [-0.25, -0.2) is 0 Å². The first-order valence-corrected chi connectivity index (χ1v) is 6.26. The van der Waals surface area contributed by atoms with Gasteiger partial charge in [-0.2, -0.15) is 0 Å². The lowest BCUT2D eigenvalue weighted by molar-refractivity contribution is 0.438. The predicted octanol–water partition coefficient (Wildman–Crippen LogP) is 3.27. The van der Waals surface area contributed by atoms with Gasteiger partial charge >= 0.3 is 0 Å². The van der Waals surface area contributed by atoms with E-state index in [0.717, 1.165) is 29.2 Å². The molecular formula is C12H17BrN2. The number of nitrogens with zero attached hydrogens (tertiary/aromatic N) is 1. The molecule has 1 fully saturated rings. The topological polar surface area (TPSA) is 29.3 Å². The Morgan fingerprint density at radius 3 is 2.60 bits per heavy atom. The Morgan fingerprint density at radius 1 is 1.33 bits per heavy atom. The highest BCUT2D eigenvalue weighted by molar-refractivity contribution is 9.10. The molecule has 1 aliphatic heterocycles. The fraction of sp³-hybridized carbons (Fsp3) is 0.500. The zero-order chi connectivity index (χ0) is 10.8. The average Bonchev–Trinajstić information content (AvgIpc) is 2.23. The Bertz CT molecular complexity index is 343. The van der Waals surface area contributed by atoms with Gasteiger partial charge in [-0.15, -0.1) is 0 Å². The van der Waals surface area contributed by atoms with Gasteiger partial charge in [0.15, 0.2) is 0 Å². The van der Waals surface area contributed by atoms with Crippen molar-refractivity contribution in [3.05, 3.63) is 22.7 Å². The van der Waals surface area contributed by atoms with E-state index in [1.54, 1.807) is 0 Å². The van der Waals surface area contributed by atoms with E-state index in [-0.39, 0.29) is 0 Å². The molecule has 0 atom stereocenters. The third-order valence-corrected chi connectivity index (χ3v) is 3.82. The standard InChI is InChI=1S/C12H17BrN2/c1-9-4-6-15(7-5-9)10-2-3-12(14)11(13)8-10/h2-3,8-9H,4-7,14H2,1H3. The zero-order valence-electron chi connectivity index (χ0n) is 9.04.